The minimum Gasteiger partial charge on any atom is -0.378 e. The van der Waals surface area contributed by atoms with Crippen LogP contribution in [0.1, 0.15) is 32.7 Å². The lowest BCUT2D eigenvalue weighted by atomic mass is 10.1. The molecule has 1 aromatic carbocycles. The van der Waals surface area contributed by atoms with Crippen molar-refractivity contribution in [2.45, 2.75) is 26.7 Å². The number of fused-ring (bicyclic) bond motifs is 1. The van der Waals surface area contributed by atoms with Crippen LogP contribution < -0.4 is 4.90 Å². The van der Waals surface area contributed by atoms with E-state index in [9.17, 15) is 4.79 Å². The van der Waals surface area contributed by atoms with Crippen molar-refractivity contribution in [1.29, 1.82) is 0 Å². The van der Waals surface area contributed by atoms with Crippen molar-refractivity contribution in [2.75, 3.05) is 44.3 Å². The number of ether oxygens (including phenoxy) is 1. The molecular formula is C21H26N4O2. The Kier molecular flexibility index (Phi) is 5.07. The highest BCUT2D eigenvalue weighted by molar-refractivity contribution is 5.94. The van der Waals surface area contributed by atoms with Crippen molar-refractivity contribution in [3.05, 3.63) is 52.5 Å². The molecule has 6 heteroatoms. The molecule has 1 amide bonds. The zero-order chi connectivity index (χ0) is 18.8. The molecule has 1 aromatic heterocycles. The lowest BCUT2D eigenvalue weighted by Gasteiger charge is -2.29. The summed E-state index contributed by atoms with van der Waals surface area (Å²) in [5.41, 5.74) is 5.28. The topological polar surface area (TPSA) is 58.6 Å². The molecule has 2 aromatic rings. The summed E-state index contributed by atoms with van der Waals surface area (Å²) in [6.07, 6.45) is 3.22. The predicted octanol–water partition coefficient (Wildman–Crippen LogP) is 2.17. The van der Waals surface area contributed by atoms with E-state index in [0.29, 0.717) is 13.1 Å². The van der Waals surface area contributed by atoms with Gasteiger partial charge in [-0.05, 0) is 32.4 Å². The zero-order valence-corrected chi connectivity index (χ0v) is 16.1. The molecule has 27 heavy (non-hydrogen) atoms. The fourth-order valence-electron chi connectivity index (χ4n) is 4.04. The summed E-state index contributed by atoms with van der Waals surface area (Å²) in [5, 5.41) is 0. The van der Waals surface area contributed by atoms with Gasteiger partial charge in [-0.2, -0.15) is 0 Å². The van der Waals surface area contributed by atoms with Crippen LogP contribution in [0, 0.1) is 13.8 Å². The Bertz CT molecular complexity index is 826. The molecule has 2 aliphatic rings. The molecule has 0 unspecified atom stereocenters. The Hall–Kier alpha value is -2.47. The molecule has 0 spiro atoms. The molecule has 0 atom stereocenters. The van der Waals surface area contributed by atoms with Crippen LogP contribution in [0.2, 0.25) is 0 Å². The smallest absolute Gasteiger partial charge is 0.253 e. The minimum atomic E-state index is 0.107. The van der Waals surface area contributed by atoms with Gasteiger partial charge < -0.3 is 14.5 Å². The average molecular weight is 366 g/mol. The highest BCUT2D eigenvalue weighted by Gasteiger charge is 2.25. The maximum Gasteiger partial charge on any atom is 0.253 e. The molecule has 3 heterocycles. The second-order valence-electron chi connectivity index (χ2n) is 7.39. The summed E-state index contributed by atoms with van der Waals surface area (Å²) in [6, 6.07) is 6.05. The summed E-state index contributed by atoms with van der Waals surface area (Å²) in [6.45, 7) is 8.63. The highest BCUT2D eigenvalue weighted by Crippen LogP contribution is 2.25. The number of hydrogen-bond acceptors (Lipinski definition) is 5. The fourth-order valence-corrected chi connectivity index (χ4v) is 4.04. The number of nitrogens with zero attached hydrogens (tertiary/aromatic N) is 4. The third-order valence-corrected chi connectivity index (χ3v) is 5.33. The first-order valence-corrected chi connectivity index (χ1v) is 9.65. The van der Waals surface area contributed by atoms with Crippen LogP contribution in [0.4, 0.5) is 5.82 Å². The number of amides is 1. The van der Waals surface area contributed by atoms with E-state index < -0.39 is 0 Å². The summed E-state index contributed by atoms with van der Waals surface area (Å²) < 4.78 is 5.47. The molecule has 2 aliphatic heterocycles. The monoisotopic (exact) mass is 366 g/mol. The van der Waals surface area contributed by atoms with Gasteiger partial charge in [0, 0.05) is 43.7 Å². The lowest BCUT2D eigenvalue weighted by molar-refractivity contribution is 0.0762. The normalized spacial score (nSPS) is 17.4. The molecule has 1 fully saturated rings. The Morgan fingerprint density at radius 1 is 0.963 bits per heavy atom. The molecular weight excluding hydrogens is 340 g/mol. The van der Waals surface area contributed by atoms with E-state index in [2.05, 4.69) is 20.9 Å². The first kappa shape index (κ1) is 17.9. The van der Waals surface area contributed by atoms with Crippen LogP contribution in [0.3, 0.4) is 0 Å². The van der Waals surface area contributed by atoms with Gasteiger partial charge in [0.15, 0.2) is 0 Å². The number of carbonyl (C=O) groups excluding carboxylic acids is 1. The molecule has 142 valence electrons. The van der Waals surface area contributed by atoms with Gasteiger partial charge in [-0.25, -0.2) is 9.97 Å². The fraction of sp³-hybridized carbons (Fsp3) is 0.476. The molecule has 0 bridgehead atoms. The average Bonchev–Trinajstić information content (AvgIpc) is 2.90. The van der Waals surface area contributed by atoms with E-state index in [1.807, 2.05) is 30.9 Å². The van der Waals surface area contributed by atoms with E-state index in [1.165, 1.54) is 5.56 Å². The van der Waals surface area contributed by atoms with E-state index in [4.69, 9.17) is 4.74 Å². The van der Waals surface area contributed by atoms with Gasteiger partial charge in [0.1, 0.15) is 12.1 Å². The first-order valence-electron chi connectivity index (χ1n) is 9.65. The van der Waals surface area contributed by atoms with Crippen molar-refractivity contribution < 1.29 is 9.53 Å². The molecule has 4 rings (SSSR count). The van der Waals surface area contributed by atoms with Crippen molar-refractivity contribution in [1.82, 2.24) is 14.9 Å². The Morgan fingerprint density at radius 3 is 2.41 bits per heavy atom. The van der Waals surface area contributed by atoms with Gasteiger partial charge in [0.25, 0.3) is 5.91 Å². The van der Waals surface area contributed by atoms with Crippen molar-refractivity contribution in [3.63, 3.8) is 0 Å². The number of benzene rings is 1. The maximum absolute atomic E-state index is 13.1. The summed E-state index contributed by atoms with van der Waals surface area (Å²) in [4.78, 5) is 26.4. The summed E-state index contributed by atoms with van der Waals surface area (Å²) in [5.74, 6) is 1.12. The molecule has 6 nitrogen and oxygen atoms in total. The van der Waals surface area contributed by atoms with Crippen LogP contribution in [-0.4, -0.2) is 60.2 Å². The van der Waals surface area contributed by atoms with Crippen LogP contribution in [0.15, 0.2) is 24.5 Å². The maximum atomic E-state index is 13.1. The van der Waals surface area contributed by atoms with Crippen molar-refractivity contribution in [2.24, 2.45) is 0 Å². The minimum absolute atomic E-state index is 0.107. The molecule has 0 saturated carbocycles. The molecule has 0 radical (unpaired) electrons. The second-order valence-corrected chi connectivity index (χ2v) is 7.39. The van der Waals surface area contributed by atoms with E-state index in [-0.39, 0.29) is 5.91 Å². The predicted molar refractivity (Wildman–Crippen MR) is 104 cm³/mol. The molecule has 0 aliphatic carbocycles. The Balaban J connectivity index is 1.55. The standard InChI is InChI=1S/C21H26N4O2/c1-15-11-16(2)13-17(12-15)21(26)25-5-3-18-19(4-6-25)22-14-23-20(18)24-7-9-27-10-8-24/h11-14H,3-10H2,1-2H3. The van der Waals surface area contributed by atoms with Crippen LogP contribution in [-0.2, 0) is 17.6 Å². The molecule has 0 N–H and O–H groups in total. The number of aromatic nitrogens is 2. The van der Waals surface area contributed by atoms with Crippen molar-refractivity contribution in [3.8, 4) is 0 Å². The third-order valence-electron chi connectivity index (χ3n) is 5.33. The van der Waals surface area contributed by atoms with E-state index in [1.54, 1.807) is 6.33 Å². The van der Waals surface area contributed by atoms with Crippen LogP contribution >= 0.6 is 0 Å². The lowest BCUT2D eigenvalue weighted by Crippen LogP contribution is -2.37. The highest BCUT2D eigenvalue weighted by atomic mass is 16.5. The van der Waals surface area contributed by atoms with Crippen LogP contribution in [0.5, 0.6) is 0 Å². The number of hydrogen-bond donors (Lipinski definition) is 0. The van der Waals surface area contributed by atoms with Crippen molar-refractivity contribution >= 4 is 11.7 Å². The SMILES string of the molecule is Cc1cc(C)cc(C(=O)N2CCc3ncnc(N4CCOCC4)c3CC2)c1. The van der Waals surface area contributed by atoms with Gasteiger partial charge in [-0.3, -0.25) is 4.79 Å². The van der Waals surface area contributed by atoms with Crippen LogP contribution in [0.25, 0.3) is 0 Å². The first-order chi connectivity index (χ1) is 13.1. The van der Waals surface area contributed by atoms with Gasteiger partial charge in [0.2, 0.25) is 0 Å². The van der Waals surface area contributed by atoms with E-state index in [0.717, 1.165) is 67.3 Å². The quantitative estimate of drug-likeness (QED) is 0.815. The number of anilines is 1. The Labute approximate surface area is 160 Å². The van der Waals surface area contributed by atoms with Gasteiger partial charge >= 0.3 is 0 Å². The third kappa shape index (κ3) is 3.81. The van der Waals surface area contributed by atoms with E-state index >= 15 is 0 Å². The zero-order valence-electron chi connectivity index (χ0n) is 16.1. The number of rotatable bonds is 2. The second kappa shape index (κ2) is 7.64. The van der Waals surface area contributed by atoms with Gasteiger partial charge in [-0.1, -0.05) is 17.2 Å². The number of carbonyl (C=O) groups is 1. The molecule has 1 saturated heterocycles. The Morgan fingerprint density at radius 2 is 1.67 bits per heavy atom. The van der Waals surface area contributed by atoms with Gasteiger partial charge in [0.05, 0.1) is 18.9 Å². The van der Waals surface area contributed by atoms with Gasteiger partial charge in [-0.15, -0.1) is 0 Å². The largest absolute Gasteiger partial charge is 0.378 e. The number of morpholine rings is 1. The summed E-state index contributed by atoms with van der Waals surface area (Å²) >= 11 is 0. The number of aryl methyl sites for hydroxylation is 2. The summed E-state index contributed by atoms with van der Waals surface area (Å²) in [7, 11) is 0.